The highest BCUT2D eigenvalue weighted by atomic mass is 16.5. The number of hydrogen-bond donors (Lipinski definition) is 0. The Morgan fingerprint density at radius 1 is 0.960 bits per heavy atom. The quantitative estimate of drug-likeness (QED) is 0.714. The van der Waals surface area contributed by atoms with Crippen LogP contribution in [-0.4, -0.2) is 30.2 Å². The third-order valence-electron chi connectivity index (χ3n) is 5.17. The molecule has 0 radical (unpaired) electrons. The third-order valence-corrected chi connectivity index (χ3v) is 5.17. The molecular weight excluding hydrogens is 314 g/mol. The zero-order chi connectivity index (χ0) is 17.6. The molecule has 0 N–H and O–H groups in total. The smallest absolute Gasteiger partial charge is 0.162 e. The van der Waals surface area contributed by atoms with E-state index in [1.54, 1.807) is 20.5 Å². The van der Waals surface area contributed by atoms with Crippen molar-refractivity contribution in [2.24, 2.45) is 0 Å². The predicted octanol–water partition coefficient (Wildman–Crippen LogP) is 4.29. The summed E-state index contributed by atoms with van der Waals surface area (Å²) in [4.78, 5) is 11.3. The number of nitrogens with zero attached hydrogens (tertiary/aromatic N) is 3. The molecule has 0 spiro atoms. The normalized spacial score (nSPS) is 19.1. The zero-order valence-corrected chi connectivity index (χ0v) is 14.9. The Kier molecular flexibility index (Phi) is 3.71. The zero-order valence-electron chi connectivity index (χ0n) is 14.9. The van der Waals surface area contributed by atoms with Gasteiger partial charge in [-0.2, -0.15) is 0 Å². The highest BCUT2D eigenvalue weighted by molar-refractivity contribution is 5.94. The van der Waals surface area contributed by atoms with Gasteiger partial charge in [0.2, 0.25) is 0 Å². The maximum Gasteiger partial charge on any atom is 0.162 e. The molecule has 1 aliphatic rings. The number of rotatable bonds is 3. The van der Waals surface area contributed by atoms with Crippen molar-refractivity contribution in [1.29, 1.82) is 0 Å². The first-order valence-corrected chi connectivity index (χ1v) is 8.40. The summed E-state index contributed by atoms with van der Waals surface area (Å²) in [5.74, 6) is 2.68. The van der Waals surface area contributed by atoms with Crippen molar-refractivity contribution < 1.29 is 9.47 Å². The Balaban J connectivity index is 1.96. The van der Waals surface area contributed by atoms with Crippen LogP contribution < -0.4 is 14.4 Å². The number of hydrogen-bond acceptors (Lipinski definition) is 5. The van der Waals surface area contributed by atoms with Crippen molar-refractivity contribution in [2.75, 3.05) is 19.1 Å². The summed E-state index contributed by atoms with van der Waals surface area (Å²) in [6.45, 7) is 4.50. The fourth-order valence-electron chi connectivity index (χ4n) is 3.66. The fraction of sp³-hybridized carbons (Fsp3) is 0.300. The van der Waals surface area contributed by atoms with Gasteiger partial charge in [0.05, 0.1) is 19.7 Å². The first-order chi connectivity index (χ1) is 12.2. The number of fused-ring (bicyclic) bond motifs is 2. The number of aromatic nitrogens is 2. The van der Waals surface area contributed by atoms with Crippen LogP contribution in [0.4, 0.5) is 11.5 Å². The maximum absolute atomic E-state index is 5.48. The van der Waals surface area contributed by atoms with Gasteiger partial charge in [0.1, 0.15) is 12.1 Å². The molecule has 2 atom stereocenters. The van der Waals surface area contributed by atoms with Gasteiger partial charge in [-0.3, -0.25) is 0 Å². The Morgan fingerprint density at radius 3 is 2.44 bits per heavy atom. The van der Waals surface area contributed by atoms with E-state index in [1.165, 1.54) is 11.3 Å². The summed E-state index contributed by atoms with van der Waals surface area (Å²) in [6.07, 6.45) is 1.61. The summed E-state index contributed by atoms with van der Waals surface area (Å²) in [7, 11) is 3.27. The molecule has 2 aromatic carbocycles. The monoisotopic (exact) mass is 335 g/mol. The molecule has 128 valence electrons. The van der Waals surface area contributed by atoms with Crippen LogP contribution in [0.15, 0.2) is 42.7 Å². The number of ether oxygens (including phenoxy) is 2. The lowest BCUT2D eigenvalue weighted by Crippen LogP contribution is -2.27. The molecule has 0 amide bonds. The molecule has 0 aliphatic carbocycles. The summed E-state index contributed by atoms with van der Waals surface area (Å²) in [5.41, 5.74) is 3.39. The standard InChI is InChI=1S/C20H21N3O2/c1-12-13(2)23(17-8-6-5-7-14(12)17)20-15-9-18(24-3)19(25-4)10-16(15)21-11-22-20/h5-13H,1-4H3/t12-,13-/m1/s1. The van der Waals surface area contributed by atoms with Gasteiger partial charge in [-0.05, 0) is 24.6 Å². The summed E-state index contributed by atoms with van der Waals surface area (Å²) >= 11 is 0. The minimum Gasteiger partial charge on any atom is -0.493 e. The van der Waals surface area contributed by atoms with E-state index in [9.17, 15) is 0 Å². The molecule has 0 fully saturated rings. The van der Waals surface area contributed by atoms with Gasteiger partial charge < -0.3 is 14.4 Å². The molecule has 0 unspecified atom stereocenters. The molecule has 1 aliphatic heterocycles. The van der Waals surface area contributed by atoms with Crippen molar-refractivity contribution >= 4 is 22.4 Å². The molecule has 0 saturated carbocycles. The third kappa shape index (κ3) is 2.30. The van der Waals surface area contributed by atoms with Gasteiger partial charge in [0, 0.05) is 29.1 Å². The lowest BCUT2D eigenvalue weighted by atomic mass is 9.98. The highest BCUT2D eigenvalue weighted by Crippen LogP contribution is 2.46. The number of para-hydroxylation sites is 1. The van der Waals surface area contributed by atoms with Crippen molar-refractivity contribution in [2.45, 2.75) is 25.8 Å². The molecule has 4 rings (SSSR count). The average Bonchev–Trinajstić information content (AvgIpc) is 2.91. The Labute approximate surface area is 147 Å². The van der Waals surface area contributed by atoms with Crippen LogP contribution in [-0.2, 0) is 0 Å². The molecule has 3 aromatic rings. The van der Waals surface area contributed by atoms with E-state index in [0.29, 0.717) is 23.5 Å². The minimum atomic E-state index is 0.309. The largest absolute Gasteiger partial charge is 0.493 e. The molecule has 25 heavy (non-hydrogen) atoms. The molecule has 5 nitrogen and oxygen atoms in total. The van der Waals surface area contributed by atoms with E-state index in [4.69, 9.17) is 9.47 Å². The topological polar surface area (TPSA) is 47.5 Å². The van der Waals surface area contributed by atoms with Crippen LogP contribution >= 0.6 is 0 Å². The van der Waals surface area contributed by atoms with Crippen LogP contribution in [0, 0.1) is 0 Å². The van der Waals surface area contributed by atoms with E-state index in [1.807, 2.05) is 12.1 Å². The molecule has 1 aromatic heterocycles. The van der Waals surface area contributed by atoms with Gasteiger partial charge in [0.25, 0.3) is 0 Å². The second-order valence-electron chi connectivity index (χ2n) is 6.38. The van der Waals surface area contributed by atoms with Crippen LogP contribution in [0.2, 0.25) is 0 Å². The molecule has 2 heterocycles. The minimum absolute atomic E-state index is 0.309. The Bertz CT molecular complexity index is 941. The first kappa shape index (κ1) is 15.7. The average molecular weight is 335 g/mol. The van der Waals surface area contributed by atoms with E-state index < -0.39 is 0 Å². The lowest BCUT2D eigenvalue weighted by molar-refractivity contribution is 0.356. The van der Waals surface area contributed by atoms with Crippen LogP contribution in [0.25, 0.3) is 10.9 Å². The van der Waals surface area contributed by atoms with E-state index >= 15 is 0 Å². The predicted molar refractivity (Wildman–Crippen MR) is 99.1 cm³/mol. The van der Waals surface area contributed by atoms with E-state index in [0.717, 1.165) is 16.7 Å². The second kappa shape index (κ2) is 5.92. The lowest BCUT2D eigenvalue weighted by Gasteiger charge is -2.26. The SMILES string of the molecule is COc1cc2ncnc(N3c4ccccc4[C@H](C)[C@H]3C)c2cc1OC. The molecular formula is C20H21N3O2. The number of benzene rings is 2. The van der Waals surface area contributed by atoms with Crippen molar-refractivity contribution in [3.63, 3.8) is 0 Å². The second-order valence-corrected chi connectivity index (χ2v) is 6.38. The summed E-state index contributed by atoms with van der Waals surface area (Å²) in [6, 6.07) is 12.7. The van der Waals surface area contributed by atoms with Crippen molar-refractivity contribution in [3.8, 4) is 11.5 Å². The number of anilines is 2. The van der Waals surface area contributed by atoms with E-state index in [2.05, 4.69) is 53.0 Å². The van der Waals surface area contributed by atoms with Gasteiger partial charge >= 0.3 is 0 Å². The van der Waals surface area contributed by atoms with Crippen molar-refractivity contribution in [3.05, 3.63) is 48.3 Å². The van der Waals surface area contributed by atoms with E-state index in [-0.39, 0.29) is 0 Å². The number of methoxy groups -OCH3 is 2. The summed E-state index contributed by atoms with van der Waals surface area (Å²) in [5, 5.41) is 0.955. The Morgan fingerprint density at radius 2 is 1.68 bits per heavy atom. The van der Waals surface area contributed by atoms with Gasteiger partial charge in [-0.1, -0.05) is 25.1 Å². The maximum atomic E-state index is 5.48. The van der Waals surface area contributed by atoms with Crippen molar-refractivity contribution in [1.82, 2.24) is 9.97 Å². The Hall–Kier alpha value is -2.82. The molecule has 5 heteroatoms. The molecule has 0 bridgehead atoms. The highest BCUT2D eigenvalue weighted by Gasteiger charge is 2.34. The van der Waals surface area contributed by atoms with Gasteiger partial charge in [0.15, 0.2) is 11.5 Å². The van der Waals surface area contributed by atoms with Gasteiger partial charge in [-0.15, -0.1) is 0 Å². The summed E-state index contributed by atoms with van der Waals surface area (Å²) < 4.78 is 10.9. The van der Waals surface area contributed by atoms with Crippen LogP contribution in [0.1, 0.15) is 25.3 Å². The first-order valence-electron chi connectivity index (χ1n) is 8.40. The van der Waals surface area contributed by atoms with Gasteiger partial charge in [-0.25, -0.2) is 9.97 Å². The fourth-order valence-corrected chi connectivity index (χ4v) is 3.66. The van der Waals surface area contributed by atoms with Crippen LogP contribution in [0.5, 0.6) is 11.5 Å². The van der Waals surface area contributed by atoms with Crippen LogP contribution in [0.3, 0.4) is 0 Å². The molecule has 0 saturated heterocycles.